The summed E-state index contributed by atoms with van der Waals surface area (Å²) in [6, 6.07) is 3.48. The van der Waals surface area contributed by atoms with Crippen LogP contribution in [0.5, 0.6) is 0 Å². The predicted octanol–water partition coefficient (Wildman–Crippen LogP) is 1.46. The van der Waals surface area contributed by atoms with Crippen LogP contribution in [0.1, 0.15) is 48.4 Å². The van der Waals surface area contributed by atoms with Gasteiger partial charge in [-0.3, -0.25) is 4.79 Å². The van der Waals surface area contributed by atoms with Crippen LogP contribution in [0.25, 0.3) is 0 Å². The second kappa shape index (κ2) is 6.28. The number of nitrogens with one attached hydrogen (secondary N) is 1. The van der Waals surface area contributed by atoms with Gasteiger partial charge in [0.15, 0.2) is 15.6 Å². The molecular formula is C16H24N2O4S. The van der Waals surface area contributed by atoms with Crippen LogP contribution in [0.2, 0.25) is 0 Å². The van der Waals surface area contributed by atoms with Crippen molar-refractivity contribution in [2.24, 2.45) is 17.6 Å². The van der Waals surface area contributed by atoms with Gasteiger partial charge in [0.1, 0.15) is 11.5 Å². The Balaban J connectivity index is 1.67. The van der Waals surface area contributed by atoms with Gasteiger partial charge in [0, 0.05) is 18.3 Å². The van der Waals surface area contributed by atoms with Crippen LogP contribution in [0.3, 0.4) is 0 Å². The lowest BCUT2D eigenvalue weighted by Crippen LogP contribution is -2.53. The zero-order valence-corrected chi connectivity index (χ0v) is 14.1. The lowest BCUT2D eigenvalue weighted by atomic mass is 9.67. The smallest absolute Gasteiger partial charge is 0.287 e. The molecule has 7 heteroatoms. The number of hydrogen-bond acceptors (Lipinski definition) is 5. The number of fused-ring (bicyclic) bond motifs is 2. The van der Waals surface area contributed by atoms with Crippen molar-refractivity contribution >= 4 is 15.7 Å². The molecule has 1 heterocycles. The minimum Gasteiger partial charge on any atom is -0.455 e. The quantitative estimate of drug-likeness (QED) is 0.864. The van der Waals surface area contributed by atoms with E-state index in [1.807, 2.05) is 0 Å². The Kier molecular flexibility index (Phi) is 4.51. The molecule has 2 atom stereocenters. The summed E-state index contributed by atoms with van der Waals surface area (Å²) >= 11 is 0. The van der Waals surface area contributed by atoms with E-state index in [4.69, 9.17) is 10.2 Å². The summed E-state index contributed by atoms with van der Waals surface area (Å²) < 4.78 is 28.0. The SMILES string of the molecule is CS(=O)(=O)Cc1ccc(C(=O)NC2C3CCCC2CC(N)C3)o1. The van der Waals surface area contributed by atoms with E-state index in [2.05, 4.69) is 5.32 Å². The molecule has 3 rings (SSSR count). The molecule has 0 saturated heterocycles. The van der Waals surface area contributed by atoms with Gasteiger partial charge < -0.3 is 15.5 Å². The van der Waals surface area contributed by atoms with Crippen molar-refractivity contribution in [3.63, 3.8) is 0 Å². The van der Waals surface area contributed by atoms with E-state index >= 15 is 0 Å². The van der Waals surface area contributed by atoms with E-state index in [0.717, 1.165) is 31.9 Å². The van der Waals surface area contributed by atoms with E-state index in [9.17, 15) is 13.2 Å². The van der Waals surface area contributed by atoms with Crippen LogP contribution in [0, 0.1) is 11.8 Å². The normalized spacial score (nSPS) is 30.9. The van der Waals surface area contributed by atoms with Crippen LogP contribution < -0.4 is 11.1 Å². The molecule has 128 valence electrons. The highest BCUT2D eigenvalue weighted by Crippen LogP contribution is 2.39. The Bertz CT molecular complexity index is 668. The van der Waals surface area contributed by atoms with Crippen LogP contribution in [-0.4, -0.2) is 32.7 Å². The summed E-state index contributed by atoms with van der Waals surface area (Å²) in [5.74, 6) is 0.894. The van der Waals surface area contributed by atoms with Crippen molar-refractivity contribution in [3.05, 3.63) is 23.7 Å². The highest BCUT2D eigenvalue weighted by molar-refractivity contribution is 7.89. The van der Waals surface area contributed by atoms with Gasteiger partial charge in [-0.2, -0.15) is 0 Å². The minimum atomic E-state index is -3.17. The third-order valence-corrected chi connectivity index (χ3v) is 5.77. The Morgan fingerprint density at radius 3 is 2.57 bits per heavy atom. The first-order valence-electron chi connectivity index (χ1n) is 8.15. The fourth-order valence-corrected chi connectivity index (χ4v) is 4.76. The summed E-state index contributed by atoms with van der Waals surface area (Å²) in [4.78, 5) is 12.4. The summed E-state index contributed by atoms with van der Waals surface area (Å²) in [5.41, 5.74) is 6.10. The molecule has 0 aliphatic heterocycles. The number of rotatable bonds is 4. The molecule has 0 radical (unpaired) electrons. The van der Waals surface area contributed by atoms with Gasteiger partial charge in [-0.25, -0.2) is 8.42 Å². The fraction of sp³-hybridized carbons (Fsp3) is 0.688. The average Bonchev–Trinajstić information content (AvgIpc) is 2.86. The van der Waals surface area contributed by atoms with Crippen molar-refractivity contribution in [1.29, 1.82) is 0 Å². The molecule has 2 fully saturated rings. The number of carbonyl (C=O) groups excluding carboxylic acids is 1. The Hall–Kier alpha value is -1.34. The van der Waals surface area contributed by atoms with Crippen LogP contribution in [0.15, 0.2) is 16.5 Å². The van der Waals surface area contributed by atoms with Crippen LogP contribution >= 0.6 is 0 Å². The maximum absolute atomic E-state index is 12.4. The number of hydrogen-bond donors (Lipinski definition) is 2. The fourth-order valence-electron chi connectivity index (χ4n) is 4.08. The first-order valence-corrected chi connectivity index (χ1v) is 10.2. The highest BCUT2D eigenvalue weighted by Gasteiger charge is 2.40. The van der Waals surface area contributed by atoms with Gasteiger partial charge in [-0.1, -0.05) is 6.42 Å². The third kappa shape index (κ3) is 3.95. The van der Waals surface area contributed by atoms with Crippen molar-refractivity contribution in [2.45, 2.75) is 49.9 Å². The van der Waals surface area contributed by atoms with Gasteiger partial charge in [-0.15, -0.1) is 0 Å². The van der Waals surface area contributed by atoms with Crippen molar-refractivity contribution in [2.75, 3.05) is 6.26 Å². The van der Waals surface area contributed by atoms with E-state index in [0.29, 0.717) is 17.6 Å². The second-order valence-corrected chi connectivity index (χ2v) is 9.16. The summed E-state index contributed by atoms with van der Waals surface area (Å²) in [5, 5.41) is 3.10. The van der Waals surface area contributed by atoms with Crippen LogP contribution in [-0.2, 0) is 15.6 Å². The van der Waals surface area contributed by atoms with Crippen molar-refractivity contribution < 1.29 is 17.6 Å². The molecule has 3 N–H and O–H groups in total. The third-order valence-electron chi connectivity index (χ3n) is 4.96. The molecule has 2 aliphatic carbocycles. The number of amides is 1. The largest absolute Gasteiger partial charge is 0.455 e. The Morgan fingerprint density at radius 2 is 1.96 bits per heavy atom. The molecule has 1 amide bonds. The maximum atomic E-state index is 12.4. The standard InChI is InChI=1S/C16H24N2O4S/c1-23(20,21)9-13-5-6-14(22-13)16(19)18-15-10-3-2-4-11(15)8-12(17)7-10/h5-6,10-12,15H,2-4,7-9,17H2,1H3,(H,18,19). The molecule has 2 aliphatic rings. The Morgan fingerprint density at radius 1 is 1.30 bits per heavy atom. The Labute approximate surface area is 136 Å². The van der Waals surface area contributed by atoms with Gasteiger partial charge in [-0.05, 0) is 49.7 Å². The molecule has 2 bridgehead atoms. The molecule has 2 unspecified atom stereocenters. The van der Waals surface area contributed by atoms with E-state index in [-0.39, 0.29) is 29.5 Å². The molecule has 23 heavy (non-hydrogen) atoms. The number of carbonyl (C=O) groups is 1. The lowest BCUT2D eigenvalue weighted by molar-refractivity contribution is 0.0731. The zero-order chi connectivity index (χ0) is 16.6. The molecule has 1 aromatic rings. The summed E-state index contributed by atoms with van der Waals surface area (Å²) in [6.07, 6.45) is 6.46. The molecule has 1 aromatic heterocycles. The van der Waals surface area contributed by atoms with Gasteiger partial charge in [0.25, 0.3) is 5.91 Å². The summed E-state index contributed by atoms with van der Waals surface area (Å²) in [6.45, 7) is 0. The number of furan rings is 1. The molecule has 0 spiro atoms. The topological polar surface area (TPSA) is 102 Å². The van der Waals surface area contributed by atoms with Crippen LogP contribution in [0.4, 0.5) is 0 Å². The van der Waals surface area contributed by atoms with Gasteiger partial charge in [0.2, 0.25) is 0 Å². The monoisotopic (exact) mass is 340 g/mol. The number of nitrogens with two attached hydrogens (primary N) is 1. The van der Waals surface area contributed by atoms with E-state index < -0.39 is 9.84 Å². The first-order chi connectivity index (χ1) is 10.8. The van der Waals surface area contributed by atoms with E-state index in [1.54, 1.807) is 12.1 Å². The maximum Gasteiger partial charge on any atom is 0.287 e. The first kappa shape index (κ1) is 16.5. The minimum absolute atomic E-state index is 0.152. The highest BCUT2D eigenvalue weighted by atomic mass is 32.2. The molecule has 6 nitrogen and oxygen atoms in total. The number of sulfone groups is 1. The van der Waals surface area contributed by atoms with Crippen molar-refractivity contribution in [1.82, 2.24) is 5.32 Å². The van der Waals surface area contributed by atoms with E-state index in [1.165, 1.54) is 6.42 Å². The average molecular weight is 340 g/mol. The summed E-state index contributed by atoms with van der Waals surface area (Å²) in [7, 11) is -3.17. The van der Waals surface area contributed by atoms with Gasteiger partial charge in [0.05, 0.1) is 0 Å². The van der Waals surface area contributed by atoms with Gasteiger partial charge >= 0.3 is 0 Å². The molecule has 0 aromatic carbocycles. The molecule has 2 saturated carbocycles. The predicted molar refractivity (Wildman–Crippen MR) is 86.6 cm³/mol. The molecular weight excluding hydrogens is 316 g/mol. The lowest BCUT2D eigenvalue weighted by Gasteiger charge is -2.45. The van der Waals surface area contributed by atoms with Crippen molar-refractivity contribution in [3.8, 4) is 0 Å². The second-order valence-electron chi connectivity index (χ2n) is 7.02. The zero-order valence-electron chi connectivity index (χ0n) is 13.3.